The molecule has 0 aromatic heterocycles. The molecule has 0 atom stereocenters. The van der Waals surface area contributed by atoms with E-state index in [9.17, 15) is 4.79 Å². The minimum Gasteiger partial charge on any atom is -0.457 e. The Kier molecular flexibility index (Phi) is 4.34. The molecule has 0 saturated carbocycles. The largest absolute Gasteiger partial charge is 0.457 e. The van der Waals surface area contributed by atoms with Crippen molar-refractivity contribution in [3.8, 4) is 11.5 Å². The van der Waals surface area contributed by atoms with E-state index in [0.717, 1.165) is 0 Å². The summed E-state index contributed by atoms with van der Waals surface area (Å²) in [6.45, 7) is 0. The van der Waals surface area contributed by atoms with Gasteiger partial charge in [-0.3, -0.25) is 4.79 Å². The van der Waals surface area contributed by atoms with E-state index in [1.165, 1.54) is 7.11 Å². The average molecular weight is 270 g/mol. The van der Waals surface area contributed by atoms with Gasteiger partial charge in [0.25, 0.3) is 5.91 Å². The van der Waals surface area contributed by atoms with Crippen LogP contribution in [-0.4, -0.2) is 18.7 Å². The molecule has 2 aromatic rings. The van der Waals surface area contributed by atoms with Crippen molar-refractivity contribution >= 4 is 11.6 Å². The van der Waals surface area contributed by atoms with Gasteiger partial charge in [0.05, 0.1) is 5.56 Å². The van der Waals surface area contributed by atoms with Gasteiger partial charge in [-0.05, 0) is 24.3 Å². The standard InChI is InChI=1S/C15H14N2O3/c1-19-17-14(15(16)18)12-9-5-6-10-13(12)20-11-7-3-2-4-8-11/h2-10H,1H3,(H2,16,18)/b17-14+. The van der Waals surface area contributed by atoms with Crippen LogP contribution >= 0.6 is 0 Å². The normalized spacial score (nSPS) is 10.9. The van der Waals surface area contributed by atoms with E-state index in [-0.39, 0.29) is 5.71 Å². The number of hydrogen-bond donors (Lipinski definition) is 1. The Bertz CT molecular complexity index is 624. The van der Waals surface area contributed by atoms with Crippen molar-refractivity contribution in [1.82, 2.24) is 0 Å². The first kappa shape index (κ1) is 13.6. The molecule has 0 aliphatic heterocycles. The molecule has 0 heterocycles. The van der Waals surface area contributed by atoms with Gasteiger partial charge in [-0.1, -0.05) is 35.5 Å². The highest BCUT2D eigenvalue weighted by atomic mass is 16.6. The number of para-hydroxylation sites is 2. The number of ether oxygens (including phenoxy) is 1. The Balaban J connectivity index is 2.40. The molecule has 0 fully saturated rings. The molecule has 0 bridgehead atoms. The van der Waals surface area contributed by atoms with Crippen LogP contribution in [0.4, 0.5) is 0 Å². The van der Waals surface area contributed by atoms with Gasteiger partial charge in [0, 0.05) is 0 Å². The van der Waals surface area contributed by atoms with Gasteiger partial charge in [-0.15, -0.1) is 0 Å². The summed E-state index contributed by atoms with van der Waals surface area (Å²) < 4.78 is 5.74. The molecular weight excluding hydrogens is 256 g/mol. The van der Waals surface area contributed by atoms with Crippen LogP contribution in [0.3, 0.4) is 0 Å². The third-order valence-corrected chi connectivity index (χ3v) is 2.53. The Morgan fingerprint density at radius 1 is 1.05 bits per heavy atom. The second-order valence-corrected chi connectivity index (χ2v) is 3.90. The Morgan fingerprint density at radius 3 is 2.35 bits per heavy atom. The van der Waals surface area contributed by atoms with Crippen LogP contribution in [0.2, 0.25) is 0 Å². The van der Waals surface area contributed by atoms with E-state index in [1.807, 2.05) is 30.3 Å². The highest BCUT2D eigenvalue weighted by Gasteiger charge is 2.16. The van der Waals surface area contributed by atoms with Gasteiger partial charge < -0.3 is 15.3 Å². The number of amides is 1. The van der Waals surface area contributed by atoms with E-state index in [1.54, 1.807) is 24.3 Å². The number of oxime groups is 1. The smallest absolute Gasteiger partial charge is 0.271 e. The SMILES string of the molecule is CO/N=C(/C(N)=O)c1ccccc1Oc1ccccc1. The maximum atomic E-state index is 11.5. The van der Waals surface area contributed by atoms with Crippen molar-refractivity contribution < 1.29 is 14.4 Å². The quantitative estimate of drug-likeness (QED) is 0.669. The molecule has 0 aliphatic rings. The second-order valence-electron chi connectivity index (χ2n) is 3.90. The van der Waals surface area contributed by atoms with Gasteiger partial charge in [-0.2, -0.15) is 0 Å². The molecule has 20 heavy (non-hydrogen) atoms. The average Bonchev–Trinajstić information content (AvgIpc) is 2.46. The lowest BCUT2D eigenvalue weighted by Gasteiger charge is -2.10. The zero-order valence-electron chi connectivity index (χ0n) is 10.9. The molecule has 0 spiro atoms. The highest BCUT2D eigenvalue weighted by Crippen LogP contribution is 2.25. The fraction of sp³-hybridized carbons (Fsp3) is 0.0667. The van der Waals surface area contributed by atoms with Gasteiger partial charge in [0.2, 0.25) is 0 Å². The van der Waals surface area contributed by atoms with Crippen LogP contribution in [0, 0.1) is 0 Å². The maximum Gasteiger partial charge on any atom is 0.271 e. The molecule has 102 valence electrons. The fourth-order valence-electron chi connectivity index (χ4n) is 1.68. The first-order chi connectivity index (χ1) is 9.72. The maximum absolute atomic E-state index is 11.5. The molecule has 0 radical (unpaired) electrons. The van der Waals surface area contributed by atoms with Crippen molar-refractivity contribution in [2.24, 2.45) is 10.9 Å². The minimum atomic E-state index is -0.684. The number of rotatable bonds is 5. The van der Waals surface area contributed by atoms with Gasteiger partial charge in [0.15, 0.2) is 5.71 Å². The van der Waals surface area contributed by atoms with Crippen LogP contribution in [0.1, 0.15) is 5.56 Å². The number of primary amides is 1. The first-order valence-electron chi connectivity index (χ1n) is 5.95. The summed E-state index contributed by atoms with van der Waals surface area (Å²) in [7, 11) is 1.35. The third-order valence-electron chi connectivity index (χ3n) is 2.53. The summed E-state index contributed by atoms with van der Waals surface area (Å²) in [4.78, 5) is 16.1. The summed E-state index contributed by atoms with van der Waals surface area (Å²) in [5, 5.41) is 3.66. The predicted octanol–water partition coefficient (Wildman–Crippen LogP) is 2.31. The van der Waals surface area contributed by atoms with Crippen molar-refractivity contribution in [1.29, 1.82) is 0 Å². The van der Waals surface area contributed by atoms with Gasteiger partial charge in [0.1, 0.15) is 18.6 Å². The topological polar surface area (TPSA) is 73.9 Å². The van der Waals surface area contributed by atoms with Crippen LogP contribution in [0.25, 0.3) is 0 Å². The summed E-state index contributed by atoms with van der Waals surface area (Å²) in [5.41, 5.74) is 5.80. The molecule has 5 nitrogen and oxygen atoms in total. The van der Waals surface area contributed by atoms with Crippen molar-refractivity contribution in [2.45, 2.75) is 0 Å². The second kappa shape index (κ2) is 6.38. The van der Waals surface area contributed by atoms with E-state index in [0.29, 0.717) is 17.1 Å². The molecule has 0 unspecified atom stereocenters. The zero-order chi connectivity index (χ0) is 14.4. The fourth-order valence-corrected chi connectivity index (χ4v) is 1.68. The predicted molar refractivity (Wildman–Crippen MR) is 75.7 cm³/mol. The number of benzene rings is 2. The summed E-state index contributed by atoms with van der Waals surface area (Å²) in [6, 6.07) is 16.2. The first-order valence-corrected chi connectivity index (χ1v) is 5.95. The van der Waals surface area contributed by atoms with Crippen LogP contribution in [0.15, 0.2) is 59.8 Å². The van der Waals surface area contributed by atoms with Gasteiger partial charge in [-0.25, -0.2) is 0 Å². The lowest BCUT2D eigenvalue weighted by Crippen LogP contribution is -2.24. The van der Waals surface area contributed by atoms with E-state index in [2.05, 4.69) is 9.99 Å². The van der Waals surface area contributed by atoms with Crippen LogP contribution < -0.4 is 10.5 Å². The number of hydrogen-bond acceptors (Lipinski definition) is 4. The zero-order valence-corrected chi connectivity index (χ0v) is 10.9. The van der Waals surface area contributed by atoms with E-state index < -0.39 is 5.91 Å². The summed E-state index contributed by atoms with van der Waals surface area (Å²) in [5.74, 6) is 0.449. The molecule has 1 amide bonds. The number of nitrogens with zero attached hydrogens (tertiary/aromatic N) is 1. The lowest BCUT2D eigenvalue weighted by molar-refractivity contribution is -0.112. The molecule has 2 rings (SSSR count). The lowest BCUT2D eigenvalue weighted by atomic mass is 10.1. The van der Waals surface area contributed by atoms with E-state index >= 15 is 0 Å². The molecular formula is C15H14N2O3. The van der Waals surface area contributed by atoms with Crippen molar-refractivity contribution in [3.63, 3.8) is 0 Å². The molecule has 5 heteroatoms. The Morgan fingerprint density at radius 2 is 1.70 bits per heavy atom. The van der Waals surface area contributed by atoms with Crippen LogP contribution in [0.5, 0.6) is 11.5 Å². The molecule has 0 saturated heterocycles. The summed E-state index contributed by atoms with van der Waals surface area (Å²) >= 11 is 0. The highest BCUT2D eigenvalue weighted by molar-refractivity contribution is 6.45. The number of nitrogens with two attached hydrogens (primary N) is 1. The monoisotopic (exact) mass is 270 g/mol. The van der Waals surface area contributed by atoms with E-state index in [4.69, 9.17) is 10.5 Å². The molecule has 2 aromatic carbocycles. The van der Waals surface area contributed by atoms with Crippen molar-refractivity contribution in [3.05, 3.63) is 60.2 Å². The summed E-state index contributed by atoms with van der Waals surface area (Å²) in [6.07, 6.45) is 0. The minimum absolute atomic E-state index is 0.0130. The Hall–Kier alpha value is -2.82. The number of carbonyl (C=O) groups is 1. The Labute approximate surface area is 116 Å². The molecule has 2 N–H and O–H groups in total. The van der Waals surface area contributed by atoms with Gasteiger partial charge >= 0.3 is 0 Å². The van der Waals surface area contributed by atoms with Crippen molar-refractivity contribution in [2.75, 3.05) is 7.11 Å². The van der Waals surface area contributed by atoms with Crippen LogP contribution in [-0.2, 0) is 9.63 Å². The third kappa shape index (κ3) is 3.14. The number of carbonyl (C=O) groups excluding carboxylic acids is 1. The molecule has 0 aliphatic carbocycles.